The molecule has 3 N–H and O–H groups in total. The van der Waals surface area contributed by atoms with Crippen LogP contribution < -0.4 is 20.7 Å². The zero-order valence-corrected chi connectivity index (χ0v) is 20.5. The van der Waals surface area contributed by atoms with Crippen LogP contribution >= 0.6 is 0 Å². The SMILES string of the molecule is COc1ccc(S(=O)(=O)N2CCCC(C(=O)NCc3ccc(NC(=O)NC(C)C)cc3)C2)cc1. The summed E-state index contributed by atoms with van der Waals surface area (Å²) >= 11 is 0. The molecule has 1 unspecified atom stereocenters. The Kier molecular flexibility index (Phi) is 8.51. The molecule has 1 fully saturated rings. The number of rotatable bonds is 8. The number of sulfonamides is 1. The lowest BCUT2D eigenvalue weighted by Crippen LogP contribution is -2.45. The van der Waals surface area contributed by atoms with E-state index in [0.717, 1.165) is 5.56 Å². The molecule has 184 valence electrons. The van der Waals surface area contributed by atoms with Gasteiger partial charge in [-0.05, 0) is 68.7 Å². The highest BCUT2D eigenvalue weighted by Crippen LogP contribution is 2.25. The van der Waals surface area contributed by atoms with Crippen LogP contribution in [0.25, 0.3) is 0 Å². The van der Waals surface area contributed by atoms with Gasteiger partial charge in [-0.1, -0.05) is 12.1 Å². The van der Waals surface area contributed by atoms with Crippen LogP contribution in [0.1, 0.15) is 32.3 Å². The summed E-state index contributed by atoms with van der Waals surface area (Å²) in [6, 6.07) is 13.2. The molecule has 0 radical (unpaired) electrons. The summed E-state index contributed by atoms with van der Waals surface area (Å²) in [5.74, 6) is -0.00641. The van der Waals surface area contributed by atoms with Crippen LogP contribution in [0.2, 0.25) is 0 Å². The number of benzene rings is 2. The minimum Gasteiger partial charge on any atom is -0.497 e. The molecule has 1 saturated heterocycles. The number of nitrogens with zero attached hydrogens (tertiary/aromatic N) is 1. The van der Waals surface area contributed by atoms with Crippen molar-refractivity contribution in [3.8, 4) is 5.75 Å². The van der Waals surface area contributed by atoms with Gasteiger partial charge in [-0.3, -0.25) is 4.79 Å². The van der Waals surface area contributed by atoms with Crippen molar-refractivity contribution in [2.45, 2.75) is 44.2 Å². The fourth-order valence-electron chi connectivity index (χ4n) is 3.74. The lowest BCUT2D eigenvalue weighted by molar-refractivity contribution is -0.126. The number of piperidine rings is 1. The average Bonchev–Trinajstić information content (AvgIpc) is 2.83. The van der Waals surface area contributed by atoms with Crippen molar-refractivity contribution in [3.05, 3.63) is 54.1 Å². The standard InChI is InChI=1S/C24H32N4O5S/c1-17(2)26-24(30)27-20-8-6-18(7-9-20)15-25-23(29)19-5-4-14-28(16-19)34(31,32)22-12-10-21(33-3)11-13-22/h6-13,17,19H,4-5,14-16H2,1-3H3,(H,25,29)(H2,26,27,30). The van der Waals surface area contributed by atoms with Crippen molar-refractivity contribution in [2.24, 2.45) is 5.92 Å². The quantitative estimate of drug-likeness (QED) is 0.528. The van der Waals surface area contributed by atoms with E-state index in [4.69, 9.17) is 4.74 Å². The summed E-state index contributed by atoms with van der Waals surface area (Å²) in [6.07, 6.45) is 1.25. The van der Waals surface area contributed by atoms with Crippen LogP contribution in [0, 0.1) is 5.92 Å². The van der Waals surface area contributed by atoms with E-state index in [1.165, 1.54) is 23.5 Å². The van der Waals surface area contributed by atoms with E-state index in [0.29, 0.717) is 37.4 Å². The van der Waals surface area contributed by atoms with Gasteiger partial charge in [-0.25, -0.2) is 13.2 Å². The molecule has 10 heteroatoms. The first-order chi connectivity index (χ1) is 16.2. The van der Waals surface area contributed by atoms with E-state index in [1.54, 1.807) is 24.3 Å². The molecule has 2 aromatic rings. The largest absolute Gasteiger partial charge is 0.497 e. The van der Waals surface area contributed by atoms with E-state index in [9.17, 15) is 18.0 Å². The Morgan fingerprint density at radius 3 is 2.38 bits per heavy atom. The first kappa shape index (κ1) is 25.5. The summed E-state index contributed by atoms with van der Waals surface area (Å²) < 4.78 is 32.5. The van der Waals surface area contributed by atoms with Crippen molar-refractivity contribution >= 4 is 27.6 Å². The minimum absolute atomic E-state index is 0.0383. The first-order valence-electron chi connectivity index (χ1n) is 11.3. The highest BCUT2D eigenvalue weighted by Gasteiger charge is 2.33. The van der Waals surface area contributed by atoms with E-state index in [1.807, 2.05) is 26.0 Å². The Hall–Kier alpha value is -3.11. The number of hydrogen-bond donors (Lipinski definition) is 3. The number of hydrogen-bond acceptors (Lipinski definition) is 5. The van der Waals surface area contributed by atoms with Crippen LogP contribution in [0.4, 0.5) is 10.5 Å². The predicted molar refractivity (Wildman–Crippen MR) is 130 cm³/mol. The zero-order valence-electron chi connectivity index (χ0n) is 19.7. The second kappa shape index (κ2) is 11.3. The maximum atomic E-state index is 13.0. The van der Waals surface area contributed by atoms with E-state index < -0.39 is 15.9 Å². The van der Waals surface area contributed by atoms with Gasteiger partial charge in [-0.2, -0.15) is 4.31 Å². The van der Waals surface area contributed by atoms with Crippen LogP contribution in [0.5, 0.6) is 5.75 Å². The number of urea groups is 1. The molecule has 34 heavy (non-hydrogen) atoms. The highest BCUT2D eigenvalue weighted by atomic mass is 32.2. The fraction of sp³-hybridized carbons (Fsp3) is 0.417. The van der Waals surface area contributed by atoms with Gasteiger partial charge in [-0.15, -0.1) is 0 Å². The molecule has 0 aliphatic carbocycles. The molecular weight excluding hydrogens is 456 g/mol. The number of amides is 3. The van der Waals surface area contributed by atoms with Gasteiger partial charge < -0.3 is 20.7 Å². The third-order valence-electron chi connectivity index (χ3n) is 5.55. The maximum Gasteiger partial charge on any atom is 0.319 e. The van der Waals surface area contributed by atoms with E-state index >= 15 is 0 Å². The Balaban J connectivity index is 1.54. The van der Waals surface area contributed by atoms with E-state index in [-0.39, 0.29) is 29.4 Å². The number of carbonyl (C=O) groups is 2. The fourth-order valence-corrected chi connectivity index (χ4v) is 5.26. The average molecular weight is 489 g/mol. The maximum absolute atomic E-state index is 13.0. The van der Waals surface area contributed by atoms with Gasteiger partial charge in [0.2, 0.25) is 15.9 Å². The van der Waals surface area contributed by atoms with Gasteiger partial charge in [0, 0.05) is 31.4 Å². The molecule has 3 amide bonds. The van der Waals surface area contributed by atoms with Crippen molar-refractivity contribution < 1.29 is 22.7 Å². The number of nitrogens with one attached hydrogen (secondary N) is 3. The Bertz CT molecular complexity index is 1090. The van der Waals surface area contributed by atoms with Crippen molar-refractivity contribution in [3.63, 3.8) is 0 Å². The van der Waals surface area contributed by atoms with Gasteiger partial charge in [0.25, 0.3) is 0 Å². The number of ether oxygens (including phenoxy) is 1. The first-order valence-corrected chi connectivity index (χ1v) is 12.7. The Morgan fingerprint density at radius 2 is 1.76 bits per heavy atom. The van der Waals surface area contributed by atoms with Crippen LogP contribution in [0.3, 0.4) is 0 Å². The molecule has 0 spiro atoms. The van der Waals surface area contributed by atoms with Crippen molar-refractivity contribution in [1.29, 1.82) is 0 Å². The van der Waals surface area contributed by atoms with Gasteiger partial charge >= 0.3 is 6.03 Å². The van der Waals surface area contributed by atoms with E-state index in [2.05, 4.69) is 16.0 Å². The summed E-state index contributed by atoms with van der Waals surface area (Å²) in [4.78, 5) is 24.7. The lowest BCUT2D eigenvalue weighted by Gasteiger charge is -2.31. The number of methoxy groups -OCH3 is 1. The van der Waals surface area contributed by atoms with Gasteiger partial charge in [0.05, 0.1) is 17.9 Å². The van der Waals surface area contributed by atoms with Crippen LogP contribution in [0.15, 0.2) is 53.4 Å². The number of anilines is 1. The molecule has 1 atom stereocenters. The molecular formula is C24H32N4O5S. The third kappa shape index (κ3) is 6.71. The molecule has 1 aliphatic rings. The second-order valence-corrected chi connectivity index (χ2v) is 10.5. The van der Waals surface area contributed by atoms with Gasteiger partial charge in [0.15, 0.2) is 0 Å². The molecule has 0 saturated carbocycles. The monoisotopic (exact) mass is 488 g/mol. The smallest absolute Gasteiger partial charge is 0.319 e. The van der Waals surface area contributed by atoms with Crippen LogP contribution in [-0.4, -0.2) is 50.9 Å². The summed E-state index contributed by atoms with van der Waals surface area (Å²) in [5, 5.41) is 8.41. The zero-order chi connectivity index (χ0) is 24.7. The number of carbonyl (C=O) groups excluding carboxylic acids is 2. The van der Waals surface area contributed by atoms with Crippen molar-refractivity contribution in [1.82, 2.24) is 14.9 Å². The summed E-state index contributed by atoms with van der Waals surface area (Å²) in [7, 11) is -2.16. The highest BCUT2D eigenvalue weighted by molar-refractivity contribution is 7.89. The Labute approximate surface area is 200 Å². The molecule has 2 aromatic carbocycles. The summed E-state index contributed by atoms with van der Waals surface area (Å²) in [5.41, 5.74) is 1.53. The molecule has 1 aliphatic heterocycles. The van der Waals surface area contributed by atoms with Crippen molar-refractivity contribution in [2.75, 3.05) is 25.5 Å². The molecule has 1 heterocycles. The normalized spacial score (nSPS) is 16.6. The second-order valence-electron chi connectivity index (χ2n) is 8.55. The molecule has 9 nitrogen and oxygen atoms in total. The summed E-state index contributed by atoms with van der Waals surface area (Å²) in [6.45, 7) is 4.61. The molecule has 0 aromatic heterocycles. The third-order valence-corrected chi connectivity index (χ3v) is 7.43. The molecule has 0 bridgehead atoms. The predicted octanol–water partition coefficient (Wildman–Crippen LogP) is 2.94. The minimum atomic E-state index is -3.68. The topological polar surface area (TPSA) is 117 Å². The Morgan fingerprint density at radius 1 is 1.09 bits per heavy atom. The van der Waals surface area contributed by atoms with Gasteiger partial charge in [0.1, 0.15) is 5.75 Å². The molecule has 3 rings (SSSR count). The lowest BCUT2D eigenvalue weighted by atomic mass is 9.99. The van der Waals surface area contributed by atoms with Crippen LogP contribution in [-0.2, 0) is 21.4 Å².